The summed E-state index contributed by atoms with van der Waals surface area (Å²) >= 11 is 0. The lowest BCUT2D eigenvalue weighted by Gasteiger charge is -2.24. The average molecular weight is 173 g/mol. The number of carbonyl (C=O) groups is 1. The molecule has 2 amide bonds. The van der Waals surface area contributed by atoms with Crippen LogP contribution in [0, 0.1) is 0 Å². The second-order valence-electron chi connectivity index (χ2n) is 3.47. The largest absolute Gasteiger partial charge is 0.338 e. The molecule has 0 aliphatic heterocycles. The molecule has 0 aromatic rings. The van der Waals surface area contributed by atoms with Gasteiger partial charge in [0.05, 0.1) is 0 Å². The van der Waals surface area contributed by atoms with Crippen molar-refractivity contribution in [1.29, 1.82) is 0 Å². The quantitative estimate of drug-likeness (QED) is 0.577. The molecule has 4 nitrogen and oxygen atoms in total. The Hall–Kier alpha value is -0.770. The van der Waals surface area contributed by atoms with Gasteiger partial charge >= 0.3 is 6.03 Å². The van der Waals surface area contributed by atoms with Gasteiger partial charge in [0.25, 0.3) is 0 Å². The smallest absolute Gasteiger partial charge is 0.315 e. The summed E-state index contributed by atoms with van der Waals surface area (Å²) in [7, 11) is 0. The molecular weight excluding hydrogens is 154 g/mol. The molecule has 0 saturated heterocycles. The summed E-state index contributed by atoms with van der Waals surface area (Å²) in [6.45, 7) is 6.92. The van der Waals surface area contributed by atoms with Crippen LogP contribution >= 0.6 is 0 Å². The van der Waals surface area contributed by atoms with Crippen LogP contribution in [0.15, 0.2) is 0 Å². The molecule has 12 heavy (non-hydrogen) atoms. The van der Waals surface area contributed by atoms with Gasteiger partial charge in [-0.2, -0.15) is 0 Å². The van der Waals surface area contributed by atoms with Crippen LogP contribution in [0.5, 0.6) is 0 Å². The van der Waals surface area contributed by atoms with Crippen LogP contribution in [-0.4, -0.2) is 24.7 Å². The summed E-state index contributed by atoms with van der Waals surface area (Å²) in [4.78, 5) is 11.1. The third-order valence-corrected chi connectivity index (χ3v) is 1.50. The number of nitrogens with one attached hydrogen (secondary N) is 2. The van der Waals surface area contributed by atoms with Crippen molar-refractivity contribution in [3.63, 3.8) is 0 Å². The van der Waals surface area contributed by atoms with Gasteiger partial charge in [0, 0.05) is 18.6 Å². The molecule has 0 saturated carbocycles. The molecule has 0 radical (unpaired) electrons. The molecule has 0 aliphatic carbocycles. The molecule has 0 aromatic heterocycles. The number of hydrogen-bond donors (Lipinski definition) is 3. The number of carbonyl (C=O) groups excluding carboxylic acids is 1. The standard InChI is InChI=1S/C8H19N3O/c1-4-5-10-7(12)11-8(2,3)6-9/h4-6,9H2,1-3H3,(H2,10,11,12). The first-order valence-electron chi connectivity index (χ1n) is 4.28. The van der Waals surface area contributed by atoms with E-state index in [0.717, 1.165) is 6.42 Å². The van der Waals surface area contributed by atoms with Gasteiger partial charge in [-0.15, -0.1) is 0 Å². The zero-order valence-electron chi connectivity index (χ0n) is 8.11. The highest BCUT2D eigenvalue weighted by Gasteiger charge is 2.17. The van der Waals surface area contributed by atoms with Crippen molar-refractivity contribution in [2.45, 2.75) is 32.7 Å². The van der Waals surface area contributed by atoms with E-state index in [2.05, 4.69) is 10.6 Å². The van der Waals surface area contributed by atoms with Gasteiger partial charge in [-0.25, -0.2) is 4.79 Å². The Morgan fingerprint density at radius 3 is 2.50 bits per heavy atom. The van der Waals surface area contributed by atoms with Gasteiger partial charge in [0.1, 0.15) is 0 Å². The van der Waals surface area contributed by atoms with Crippen LogP contribution in [0.3, 0.4) is 0 Å². The topological polar surface area (TPSA) is 67.2 Å². The maximum absolute atomic E-state index is 11.1. The van der Waals surface area contributed by atoms with E-state index in [1.54, 1.807) is 0 Å². The molecule has 0 spiro atoms. The van der Waals surface area contributed by atoms with Crippen LogP contribution in [0.25, 0.3) is 0 Å². The van der Waals surface area contributed by atoms with Crippen LogP contribution in [-0.2, 0) is 0 Å². The van der Waals surface area contributed by atoms with Crippen LogP contribution < -0.4 is 16.4 Å². The van der Waals surface area contributed by atoms with Gasteiger partial charge in [0.2, 0.25) is 0 Å². The average Bonchev–Trinajstić information content (AvgIpc) is 2.00. The molecule has 0 rings (SSSR count). The van der Waals surface area contributed by atoms with Crippen LogP contribution in [0.2, 0.25) is 0 Å². The summed E-state index contributed by atoms with van der Waals surface area (Å²) < 4.78 is 0. The molecule has 72 valence electrons. The molecule has 4 heteroatoms. The van der Waals surface area contributed by atoms with E-state index in [-0.39, 0.29) is 11.6 Å². The molecule has 0 unspecified atom stereocenters. The van der Waals surface area contributed by atoms with E-state index in [9.17, 15) is 4.79 Å². The Labute approximate surface area is 73.9 Å². The highest BCUT2D eigenvalue weighted by atomic mass is 16.2. The van der Waals surface area contributed by atoms with Crippen molar-refractivity contribution in [1.82, 2.24) is 10.6 Å². The first-order chi connectivity index (χ1) is 5.52. The number of urea groups is 1. The van der Waals surface area contributed by atoms with E-state index in [1.165, 1.54) is 0 Å². The maximum atomic E-state index is 11.1. The van der Waals surface area contributed by atoms with E-state index in [4.69, 9.17) is 5.73 Å². The SMILES string of the molecule is CCCNC(=O)NC(C)(C)CN. The molecular formula is C8H19N3O. The van der Waals surface area contributed by atoms with Crippen molar-refractivity contribution in [2.24, 2.45) is 5.73 Å². The monoisotopic (exact) mass is 173 g/mol. The van der Waals surface area contributed by atoms with Crippen molar-refractivity contribution in [3.8, 4) is 0 Å². The molecule has 0 aliphatic rings. The molecule has 0 bridgehead atoms. The highest BCUT2D eigenvalue weighted by Crippen LogP contribution is 1.96. The summed E-state index contributed by atoms with van der Waals surface area (Å²) in [6, 6.07) is -0.146. The zero-order chi connectivity index (χ0) is 9.61. The second-order valence-corrected chi connectivity index (χ2v) is 3.47. The van der Waals surface area contributed by atoms with Crippen molar-refractivity contribution in [2.75, 3.05) is 13.1 Å². The lowest BCUT2D eigenvalue weighted by Crippen LogP contribution is -2.52. The minimum absolute atomic E-state index is 0.146. The molecule has 0 fully saturated rings. The predicted octanol–water partition coefficient (Wildman–Crippen LogP) is 0.433. The van der Waals surface area contributed by atoms with Crippen LogP contribution in [0.1, 0.15) is 27.2 Å². The summed E-state index contributed by atoms with van der Waals surface area (Å²) in [5, 5.41) is 5.48. The third-order valence-electron chi connectivity index (χ3n) is 1.50. The first kappa shape index (κ1) is 11.2. The first-order valence-corrected chi connectivity index (χ1v) is 4.28. The van der Waals surface area contributed by atoms with Crippen molar-refractivity contribution < 1.29 is 4.79 Å². The van der Waals surface area contributed by atoms with Gasteiger partial charge in [-0.3, -0.25) is 0 Å². The normalized spacial score (nSPS) is 11.0. The Bertz CT molecular complexity index is 145. The Morgan fingerprint density at radius 2 is 2.08 bits per heavy atom. The zero-order valence-corrected chi connectivity index (χ0v) is 8.11. The minimum atomic E-state index is -0.322. The molecule has 0 atom stereocenters. The van der Waals surface area contributed by atoms with E-state index in [0.29, 0.717) is 13.1 Å². The summed E-state index contributed by atoms with van der Waals surface area (Å²) in [6.07, 6.45) is 0.941. The van der Waals surface area contributed by atoms with Gasteiger partial charge < -0.3 is 16.4 Å². The number of amides is 2. The Balaban J connectivity index is 3.68. The van der Waals surface area contributed by atoms with Crippen molar-refractivity contribution >= 4 is 6.03 Å². The summed E-state index contributed by atoms with van der Waals surface area (Å²) in [5.41, 5.74) is 5.12. The number of hydrogen-bond acceptors (Lipinski definition) is 2. The molecule has 0 heterocycles. The fourth-order valence-corrected chi connectivity index (χ4v) is 0.641. The minimum Gasteiger partial charge on any atom is -0.338 e. The van der Waals surface area contributed by atoms with Crippen molar-refractivity contribution in [3.05, 3.63) is 0 Å². The number of nitrogens with two attached hydrogens (primary N) is 1. The fourth-order valence-electron chi connectivity index (χ4n) is 0.641. The Morgan fingerprint density at radius 1 is 1.50 bits per heavy atom. The van der Waals surface area contributed by atoms with E-state index >= 15 is 0 Å². The van der Waals surface area contributed by atoms with Crippen LogP contribution in [0.4, 0.5) is 4.79 Å². The maximum Gasteiger partial charge on any atom is 0.315 e. The lowest BCUT2D eigenvalue weighted by atomic mass is 10.1. The second kappa shape index (κ2) is 4.98. The summed E-state index contributed by atoms with van der Waals surface area (Å²) in [5.74, 6) is 0. The van der Waals surface area contributed by atoms with Gasteiger partial charge in [-0.1, -0.05) is 6.92 Å². The number of rotatable bonds is 4. The third kappa shape index (κ3) is 4.96. The molecule has 4 N–H and O–H groups in total. The predicted molar refractivity (Wildman–Crippen MR) is 50.0 cm³/mol. The molecule has 0 aromatic carbocycles. The Kier molecular flexibility index (Phi) is 4.66. The fraction of sp³-hybridized carbons (Fsp3) is 0.875. The van der Waals surface area contributed by atoms with E-state index < -0.39 is 0 Å². The van der Waals surface area contributed by atoms with Gasteiger partial charge in [0.15, 0.2) is 0 Å². The lowest BCUT2D eigenvalue weighted by molar-refractivity contribution is 0.230. The highest BCUT2D eigenvalue weighted by molar-refractivity contribution is 5.74. The van der Waals surface area contributed by atoms with E-state index in [1.807, 2.05) is 20.8 Å². The van der Waals surface area contributed by atoms with Gasteiger partial charge in [-0.05, 0) is 20.3 Å².